The molecule has 3 rings (SSSR count). The Morgan fingerprint density at radius 3 is 3.00 bits per heavy atom. The molecule has 1 fully saturated rings. The van der Waals surface area contributed by atoms with Crippen molar-refractivity contribution in [3.63, 3.8) is 0 Å². The van der Waals surface area contributed by atoms with Gasteiger partial charge in [0.05, 0.1) is 12.6 Å². The lowest BCUT2D eigenvalue weighted by Crippen LogP contribution is -2.37. The number of pyridine rings is 1. The topological polar surface area (TPSA) is 45.6 Å². The average molecular weight is 286 g/mol. The van der Waals surface area contributed by atoms with Crippen LogP contribution in [0.4, 0.5) is 5.82 Å². The molecule has 0 amide bonds. The van der Waals surface area contributed by atoms with Crippen LogP contribution in [0.15, 0.2) is 24.3 Å². The van der Waals surface area contributed by atoms with Crippen LogP contribution in [0.5, 0.6) is 5.75 Å². The molecule has 21 heavy (non-hydrogen) atoms. The molecule has 2 heterocycles. The Morgan fingerprint density at radius 2 is 2.24 bits per heavy atom. The molecule has 4 nitrogen and oxygen atoms in total. The van der Waals surface area contributed by atoms with Crippen LogP contribution >= 0.6 is 0 Å². The highest BCUT2D eigenvalue weighted by molar-refractivity contribution is 5.85. The summed E-state index contributed by atoms with van der Waals surface area (Å²) in [4.78, 5) is 7.09. The number of hydrogen-bond donors (Lipinski definition) is 1. The molecule has 1 saturated heterocycles. The second-order valence-corrected chi connectivity index (χ2v) is 5.82. The van der Waals surface area contributed by atoms with Crippen molar-refractivity contribution in [3.8, 4) is 5.75 Å². The first-order valence-electron chi connectivity index (χ1n) is 7.52. The lowest BCUT2D eigenvalue weighted by atomic mass is 9.99. The van der Waals surface area contributed by atoms with Crippen LogP contribution in [0.2, 0.25) is 0 Å². The van der Waals surface area contributed by atoms with E-state index in [1.807, 2.05) is 12.1 Å². The molecule has 2 aromatic rings. The van der Waals surface area contributed by atoms with Gasteiger partial charge in [-0.1, -0.05) is 0 Å². The van der Waals surface area contributed by atoms with Crippen LogP contribution in [0.3, 0.4) is 0 Å². The minimum atomic E-state index is 0.261. The van der Waals surface area contributed by atoms with Gasteiger partial charge in [-0.2, -0.15) is 0 Å². The first kappa shape index (κ1) is 14.1. The predicted molar refractivity (Wildman–Crippen MR) is 85.1 cm³/mol. The first-order valence-corrected chi connectivity index (χ1v) is 7.52. The Bertz CT molecular complexity index is 642. The fraction of sp³-hybridized carbons (Fsp3) is 0.471. The summed E-state index contributed by atoms with van der Waals surface area (Å²) in [5, 5.41) is 10.5. The third kappa shape index (κ3) is 2.81. The number of aryl methyl sites for hydroxylation is 1. The van der Waals surface area contributed by atoms with E-state index in [2.05, 4.69) is 24.0 Å². The monoisotopic (exact) mass is 286 g/mol. The number of ether oxygens (including phenoxy) is 1. The lowest BCUT2D eigenvalue weighted by molar-refractivity contribution is 0.208. The zero-order valence-corrected chi connectivity index (χ0v) is 12.7. The van der Waals surface area contributed by atoms with E-state index < -0.39 is 0 Å². The van der Waals surface area contributed by atoms with Gasteiger partial charge >= 0.3 is 0 Å². The van der Waals surface area contributed by atoms with Crippen LogP contribution < -0.4 is 9.64 Å². The van der Waals surface area contributed by atoms with E-state index in [-0.39, 0.29) is 6.61 Å². The largest absolute Gasteiger partial charge is 0.497 e. The molecule has 1 aromatic heterocycles. The third-order valence-corrected chi connectivity index (χ3v) is 4.31. The molecule has 1 aromatic carbocycles. The molecule has 1 atom stereocenters. The van der Waals surface area contributed by atoms with Crippen LogP contribution in [0, 0.1) is 12.8 Å². The summed E-state index contributed by atoms with van der Waals surface area (Å²) in [5.74, 6) is 2.20. The van der Waals surface area contributed by atoms with Crippen LogP contribution in [0.25, 0.3) is 10.9 Å². The Labute approximate surface area is 125 Å². The van der Waals surface area contributed by atoms with E-state index in [0.29, 0.717) is 5.92 Å². The van der Waals surface area contributed by atoms with Crippen molar-refractivity contribution in [2.75, 3.05) is 31.7 Å². The lowest BCUT2D eigenvalue weighted by Gasteiger charge is -2.33. The number of nitrogens with zero attached hydrogens (tertiary/aromatic N) is 2. The molecule has 0 radical (unpaired) electrons. The van der Waals surface area contributed by atoms with Crippen molar-refractivity contribution in [2.24, 2.45) is 5.92 Å². The second-order valence-electron chi connectivity index (χ2n) is 5.82. The van der Waals surface area contributed by atoms with E-state index in [9.17, 15) is 5.11 Å². The molecule has 112 valence electrons. The van der Waals surface area contributed by atoms with Crippen molar-refractivity contribution in [2.45, 2.75) is 19.8 Å². The second kappa shape index (κ2) is 5.90. The molecular weight excluding hydrogens is 264 g/mol. The minimum Gasteiger partial charge on any atom is -0.497 e. The zero-order valence-electron chi connectivity index (χ0n) is 12.7. The van der Waals surface area contributed by atoms with Crippen molar-refractivity contribution in [3.05, 3.63) is 29.8 Å². The predicted octanol–water partition coefficient (Wildman–Crippen LogP) is 2.76. The summed E-state index contributed by atoms with van der Waals surface area (Å²) in [5.41, 5.74) is 2.19. The van der Waals surface area contributed by atoms with E-state index in [0.717, 1.165) is 48.4 Å². The molecule has 4 heteroatoms. The third-order valence-electron chi connectivity index (χ3n) is 4.31. The number of piperidine rings is 1. The summed E-state index contributed by atoms with van der Waals surface area (Å²) in [6, 6.07) is 8.17. The number of benzene rings is 1. The van der Waals surface area contributed by atoms with E-state index in [1.54, 1.807) is 7.11 Å². The highest BCUT2D eigenvalue weighted by Crippen LogP contribution is 2.28. The van der Waals surface area contributed by atoms with Crippen molar-refractivity contribution < 1.29 is 9.84 Å². The molecule has 1 aliphatic rings. The number of hydrogen-bond acceptors (Lipinski definition) is 4. The molecule has 0 spiro atoms. The van der Waals surface area contributed by atoms with Gasteiger partial charge in [-0.3, -0.25) is 0 Å². The molecule has 0 aliphatic carbocycles. The van der Waals surface area contributed by atoms with Gasteiger partial charge < -0.3 is 14.7 Å². The summed E-state index contributed by atoms with van der Waals surface area (Å²) in [7, 11) is 1.67. The first-order chi connectivity index (χ1) is 10.2. The van der Waals surface area contributed by atoms with E-state index in [1.165, 1.54) is 5.56 Å². The van der Waals surface area contributed by atoms with Gasteiger partial charge in [0, 0.05) is 31.1 Å². The van der Waals surface area contributed by atoms with E-state index >= 15 is 0 Å². The van der Waals surface area contributed by atoms with Crippen LogP contribution in [-0.2, 0) is 0 Å². The van der Waals surface area contributed by atoms with Crippen molar-refractivity contribution >= 4 is 16.7 Å². The quantitative estimate of drug-likeness (QED) is 0.942. The minimum absolute atomic E-state index is 0.261. The van der Waals surface area contributed by atoms with Gasteiger partial charge in [0.25, 0.3) is 0 Å². The summed E-state index contributed by atoms with van der Waals surface area (Å²) < 4.78 is 5.30. The van der Waals surface area contributed by atoms with Gasteiger partial charge in [-0.05, 0) is 49.4 Å². The van der Waals surface area contributed by atoms with Gasteiger partial charge in [0.1, 0.15) is 11.6 Å². The van der Waals surface area contributed by atoms with Gasteiger partial charge in [-0.25, -0.2) is 4.98 Å². The summed E-state index contributed by atoms with van der Waals surface area (Å²) >= 11 is 0. The number of fused-ring (bicyclic) bond motifs is 1. The molecule has 0 bridgehead atoms. The molecule has 0 saturated carbocycles. The Kier molecular flexibility index (Phi) is 3.97. The van der Waals surface area contributed by atoms with Gasteiger partial charge in [0.2, 0.25) is 0 Å². The number of anilines is 1. The van der Waals surface area contributed by atoms with Gasteiger partial charge in [0.15, 0.2) is 0 Å². The van der Waals surface area contributed by atoms with Gasteiger partial charge in [-0.15, -0.1) is 0 Å². The highest BCUT2D eigenvalue weighted by Gasteiger charge is 2.20. The number of aromatic nitrogens is 1. The summed E-state index contributed by atoms with van der Waals surface area (Å²) in [6.07, 6.45) is 2.22. The number of rotatable bonds is 3. The number of methoxy groups -OCH3 is 1. The standard InChI is InChI=1S/C17H22N2O2/c1-12-8-17(19-7-3-4-13(10-19)11-20)18-16-9-14(21-2)5-6-15(12)16/h5-6,8-9,13,20H,3-4,7,10-11H2,1-2H3. The normalized spacial score (nSPS) is 19.0. The Balaban J connectivity index is 1.98. The zero-order chi connectivity index (χ0) is 14.8. The van der Waals surface area contributed by atoms with Crippen LogP contribution in [-0.4, -0.2) is 36.9 Å². The maximum absolute atomic E-state index is 9.39. The molecule has 1 N–H and O–H groups in total. The Morgan fingerprint density at radius 1 is 1.38 bits per heavy atom. The maximum atomic E-state index is 9.39. The molecular formula is C17H22N2O2. The molecule has 1 aliphatic heterocycles. The van der Waals surface area contributed by atoms with Crippen molar-refractivity contribution in [1.82, 2.24) is 4.98 Å². The smallest absolute Gasteiger partial charge is 0.129 e. The number of aliphatic hydroxyl groups excluding tert-OH is 1. The fourth-order valence-electron chi connectivity index (χ4n) is 3.08. The Hall–Kier alpha value is -1.81. The molecule has 1 unspecified atom stereocenters. The maximum Gasteiger partial charge on any atom is 0.129 e. The fourth-order valence-corrected chi connectivity index (χ4v) is 3.08. The highest BCUT2D eigenvalue weighted by atomic mass is 16.5. The number of aliphatic hydroxyl groups is 1. The van der Waals surface area contributed by atoms with Crippen molar-refractivity contribution in [1.29, 1.82) is 0 Å². The van der Waals surface area contributed by atoms with E-state index in [4.69, 9.17) is 9.72 Å². The SMILES string of the molecule is COc1ccc2c(C)cc(N3CCCC(CO)C3)nc2c1. The average Bonchev–Trinajstić information content (AvgIpc) is 2.54. The van der Waals surface area contributed by atoms with Crippen LogP contribution in [0.1, 0.15) is 18.4 Å². The summed E-state index contributed by atoms with van der Waals surface area (Å²) in [6.45, 7) is 4.28.